The molecule has 0 unspecified atom stereocenters. The predicted octanol–water partition coefficient (Wildman–Crippen LogP) is 0.664. The third kappa shape index (κ3) is 5.73. The lowest BCUT2D eigenvalue weighted by molar-refractivity contribution is -0.124. The lowest BCUT2D eigenvalue weighted by Gasteiger charge is -1.96. The molecule has 0 atom stereocenters. The van der Waals surface area contributed by atoms with Crippen molar-refractivity contribution in [1.82, 2.24) is 0 Å². The van der Waals surface area contributed by atoms with Crippen LogP contribution in [0.25, 0.3) is 0 Å². The SMILES string of the molecule is CCC(=O)CCC(=O)CCN. The lowest BCUT2D eigenvalue weighted by Crippen LogP contribution is -2.09. The summed E-state index contributed by atoms with van der Waals surface area (Å²) in [4.78, 5) is 21.6. The fourth-order valence-electron chi connectivity index (χ4n) is 0.742. The molecule has 0 saturated heterocycles. The molecule has 0 radical (unpaired) electrons. The van der Waals surface area contributed by atoms with E-state index >= 15 is 0 Å². The van der Waals surface area contributed by atoms with E-state index in [1.807, 2.05) is 0 Å². The maximum Gasteiger partial charge on any atom is 0.134 e. The van der Waals surface area contributed by atoms with E-state index in [1.54, 1.807) is 6.92 Å². The van der Waals surface area contributed by atoms with Gasteiger partial charge in [-0.25, -0.2) is 0 Å². The molecule has 0 fully saturated rings. The van der Waals surface area contributed by atoms with Crippen molar-refractivity contribution in [2.75, 3.05) is 6.54 Å². The Bertz CT molecular complexity index is 143. The third-order valence-electron chi connectivity index (χ3n) is 1.50. The van der Waals surface area contributed by atoms with Gasteiger partial charge in [0.15, 0.2) is 0 Å². The molecule has 0 bridgehead atoms. The summed E-state index contributed by atoms with van der Waals surface area (Å²) >= 11 is 0. The van der Waals surface area contributed by atoms with Gasteiger partial charge in [0.1, 0.15) is 11.6 Å². The summed E-state index contributed by atoms with van der Waals surface area (Å²) in [6.45, 7) is 2.19. The Balaban J connectivity index is 3.38. The Kier molecular flexibility index (Phi) is 5.65. The van der Waals surface area contributed by atoms with Gasteiger partial charge in [0, 0.05) is 25.7 Å². The van der Waals surface area contributed by atoms with Gasteiger partial charge < -0.3 is 5.73 Å². The zero-order chi connectivity index (χ0) is 8.69. The number of ketones is 2. The van der Waals surface area contributed by atoms with Gasteiger partial charge in [-0.2, -0.15) is 0 Å². The number of hydrogen-bond acceptors (Lipinski definition) is 3. The van der Waals surface area contributed by atoms with Crippen LogP contribution in [0.4, 0.5) is 0 Å². The maximum absolute atomic E-state index is 10.8. The minimum Gasteiger partial charge on any atom is -0.330 e. The quantitative estimate of drug-likeness (QED) is 0.616. The van der Waals surface area contributed by atoms with E-state index < -0.39 is 0 Å². The molecule has 0 aromatic heterocycles. The molecule has 0 heterocycles. The molecule has 2 N–H and O–H groups in total. The average molecular weight is 157 g/mol. The second-order valence-corrected chi connectivity index (χ2v) is 2.47. The third-order valence-corrected chi connectivity index (χ3v) is 1.50. The highest BCUT2D eigenvalue weighted by Gasteiger charge is 2.03. The number of nitrogens with two attached hydrogens (primary N) is 1. The van der Waals surface area contributed by atoms with Crippen molar-refractivity contribution in [3.05, 3.63) is 0 Å². The van der Waals surface area contributed by atoms with Gasteiger partial charge in [-0.15, -0.1) is 0 Å². The van der Waals surface area contributed by atoms with Crippen LogP contribution in [0.5, 0.6) is 0 Å². The zero-order valence-corrected chi connectivity index (χ0v) is 6.93. The molecule has 0 saturated carbocycles. The second-order valence-electron chi connectivity index (χ2n) is 2.47. The molecule has 0 aliphatic heterocycles. The van der Waals surface area contributed by atoms with Crippen molar-refractivity contribution in [2.45, 2.75) is 32.6 Å². The van der Waals surface area contributed by atoms with Gasteiger partial charge in [0.25, 0.3) is 0 Å². The Morgan fingerprint density at radius 1 is 1.09 bits per heavy atom. The van der Waals surface area contributed by atoms with Gasteiger partial charge in [-0.05, 0) is 6.54 Å². The highest BCUT2D eigenvalue weighted by molar-refractivity contribution is 5.85. The summed E-state index contributed by atoms with van der Waals surface area (Å²) in [5, 5.41) is 0. The largest absolute Gasteiger partial charge is 0.330 e. The molecule has 3 nitrogen and oxygen atoms in total. The summed E-state index contributed by atoms with van der Waals surface area (Å²) in [6, 6.07) is 0. The molecule has 0 rings (SSSR count). The second kappa shape index (κ2) is 6.04. The molecule has 0 amide bonds. The first-order valence-electron chi connectivity index (χ1n) is 3.94. The van der Waals surface area contributed by atoms with E-state index in [2.05, 4.69) is 0 Å². The molecule has 0 aromatic carbocycles. The Morgan fingerprint density at radius 2 is 1.64 bits per heavy atom. The van der Waals surface area contributed by atoms with Crippen LogP contribution in [0.1, 0.15) is 32.6 Å². The predicted molar refractivity (Wildman–Crippen MR) is 43.2 cm³/mol. The standard InChI is InChI=1S/C8H15NO2/c1-2-7(10)3-4-8(11)5-6-9/h2-6,9H2,1H3. The summed E-state index contributed by atoms with van der Waals surface area (Å²) in [5.74, 6) is 0.240. The smallest absolute Gasteiger partial charge is 0.134 e. The number of hydrogen-bond donors (Lipinski definition) is 1. The van der Waals surface area contributed by atoms with E-state index in [9.17, 15) is 9.59 Å². The maximum atomic E-state index is 10.8. The fraction of sp³-hybridized carbons (Fsp3) is 0.750. The van der Waals surface area contributed by atoms with Crippen LogP contribution in [-0.2, 0) is 9.59 Å². The average Bonchev–Trinajstić information content (AvgIpc) is 2.01. The topological polar surface area (TPSA) is 60.2 Å². The number of rotatable bonds is 6. The minimum absolute atomic E-state index is 0.0919. The van der Waals surface area contributed by atoms with Gasteiger partial charge in [-0.3, -0.25) is 9.59 Å². The first-order chi connectivity index (χ1) is 5.20. The van der Waals surface area contributed by atoms with Crippen LogP contribution in [0.3, 0.4) is 0 Å². The van der Waals surface area contributed by atoms with Crippen LogP contribution < -0.4 is 5.73 Å². The van der Waals surface area contributed by atoms with Crippen LogP contribution in [0.15, 0.2) is 0 Å². The zero-order valence-electron chi connectivity index (χ0n) is 6.93. The number of carbonyl (C=O) groups excluding carboxylic acids is 2. The molecular formula is C8H15NO2. The van der Waals surface area contributed by atoms with E-state index in [1.165, 1.54) is 0 Å². The van der Waals surface area contributed by atoms with E-state index in [0.717, 1.165) is 0 Å². The van der Waals surface area contributed by atoms with Crippen LogP contribution >= 0.6 is 0 Å². The van der Waals surface area contributed by atoms with Crippen molar-refractivity contribution < 1.29 is 9.59 Å². The Labute approximate surface area is 67.0 Å². The lowest BCUT2D eigenvalue weighted by atomic mass is 10.1. The van der Waals surface area contributed by atoms with Gasteiger partial charge in [0.2, 0.25) is 0 Å². The normalized spacial score (nSPS) is 9.64. The molecule has 0 spiro atoms. The fourth-order valence-corrected chi connectivity index (χ4v) is 0.742. The molecule has 0 aliphatic rings. The van der Waals surface area contributed by atoms with Crippen LogP contribution in [0, 0.1) is 0 Å². The van der Waals surface area contributed by atoms with Crippen molar-refractivity contribution in [1.29, 1.82) is 0 Å². The first-order valence-corrected chi connectivity index (χ1v) is 3.94. The number of carbonyl (C=O) groups is 2. The summed E-state index contributed by atoms with van der Waals surface area (Å²) in [5.41, 5.74) is 5.16. The van der Waals surface area contributed by atoms with Crippen molar-refractivity contribution in [3.8, 4) is 0 Å². The van der Waals surface area contributed by atoms with E-state index in [-0.39, 0.29) is 11.6 Å². The van der Waals surface area contributed by atoms with Gasteiger partial charge in [0.05, 0.1) is 0 Å². The molecular weight excluding hydrogens is 142 g/mol. The van der Waals surface area contributed by atoms with Crippen LogP contribution in [-0.4, -0.2) is 18.1 Å². The van der Waals surface area contributed by atoms with Crippen molar-refractivity contribution in [2.24, 2.45) is 5.73 Å². The van der Waals surface area contributed by atoms with E-state index in [0.29, 0.717) is 32.2 Å². The minimum atomic E-state index is 0.0919. The Morgan fingerprint density at radius 3 is 2.09 bits per heavy atom. The summed E-state index contributed by atoms with van der Waals surface area (Å²) in [7, 11) is 0. The molecule has 0 aromatic rings. The van der Waals surface area contributed by atoms with E-state index in [4.69, 9.17) is 5.73 Å². The molecule has 3 heteroatoms. The highest BCUT2D eigenvalue weighted by atomic mass is 16.1. The summed E-state index contributed by atoms with van der Waals surface area (Å²) in [6.07, 6.45) is 1.67. The highest BCUT2D eigenvalue weighted by Crippen LogP contribution is 1.97. The van der Waals surface area contributed by atoms with Crippen molar-refractivity contribution in [3.63, 3.8) is 0 Å². The van der Waals surface area contributed by atoms with Crippen LogP contribution in [0.2, 0.25) is 0 Å². The molecule has 0 aliphatic carbocycles. The molecule has 64 valence electrons. The number of Topliss-reactive ketones (excluding diaryl/α,β-unsaturated/α-hetero) is 2. The van der Waals surface area contributed by atoms with Gasteiger partial charge in [-0.1, -0.05) is 6.92 Å². The monoisotopic (exact) mass is 157 g/mol. The first kappa shape index (κ1) is 10.3. The molecule has 11 heavy (non-hydrogen) atoms. The van der Waals surface area contributed by atoms with Gasteiger partial charge >= 0.3 is 0 Å². The van der Waals surface area contributed by atoms with Crippen molar-refractivity contribution >= 4 is 11.6 Å². The summed E-state index contributed by atoms with van der Waals surface area (Å²) < 4.78 is 0. The Hall–Kier alpha value is -0.700.